The topological polar surface area (TPSA) is 61.7 Å². The molecule has 1 unspecified atom stereocenters. The Hall–Kier alpha value is -1.96. The Balaban J connectivity index is 1.56. The van der Waals surface area contributed by atoms with Crippen LogP contribution in [0.5, 0.6) is 5.75 Å². The smallest absolute Gasteiger partial charge is 0.119 e. The van der Waals surface area contributed by atoms with Gasteiger partial charge in [-0.15, -0.1) is 23.5 Å². The van der Waals surface area contributed by atoms with Crippen LogP contribution in [0.2, 0.25) is 0 Å². The van der Waals surface area contributed by atoms with E-state index in [1.165, 1.54) is 9.79 Å². The number of para-hydroxylation sites is 1. The number of aliphatic hydroxyl groups excluding tert-OH is 1. The molecule has 1 atom stereocenters. The molecule has 176 valence electrons. The molecule has 0 saturated carbocycles. The predicted molar refractivity (Wildman–Crippen MR) is 139 cm³/mol. The van der Waals surface area contributed by atoms with E-state index < -0.39 is 11.7 Å². The first-order valence-corrected chi connectivity index (χ1v) is 13.6. The molecule has 0 aliphatic carbocycles. The zero-order valence-corrected chi connectivity index (χ0v) is 20.9. The van der Waals surface area contributed by atoms with E-state index in [2.05, 4.69) is 29.6 Å². The number of thioether (sulfide) groups is 2. The van der Waals surface area contributed by atoms with Crippen LogP contribution in [-0.4, -0.2) is 48.5 Å². The molecule has 0 aromatic heterocycles. The van der Waals surface area contributed by atoms with Gasteiger partial charge in [-0.05, 0) is 79.4 Å². The summed E-state index contributed by atoms with van der Waals surface area (Å²) in [6.07, 6.45) is 4.84. The minimum Gasteiger partial charge on any atom is -0.491 e. The number of ether oxygens (including phenoxy) is 1. The molecule has 0 aliphatic heterocycles. The van der Waals surface area contributed by atoms with Crippen LogP contribution >= 0.6 is 23.5 Å². The van der Waals surface area contributed by atoms with E-state index in [0.29, 0.717) is 19.5 Å². The van der Waals surface area contributed by atoms with E-state index in [0.717, 1.165) is 23.3 Å². The van der Waals surface area contributed by atoms with Crippen LogP contribution in [-0.2, 0) is 5.60 Å². The summed E-state index contributed by atoms with van der Waals surface area (Å²) in [4.78, 5) is 2.35. The van der Waals surface area contributed by atoms with E-state index in [9.17, 15) is 10.2 Å². The average Bonchev–Trinajstić information content (AvgIpc) is 2.87. The van der Waals surface area contributed by atoms with E-state index >= 15 is 0 Å². The van der Waals surface area contributed by atoms with Gasteiger partial charge in [0.2, 0.25) is 0 Å². The van der Waals surface area contributed by atoms with Gasteiger partial charge in [-0.2, -0.15) is 0 Å². The second kappa shape index (κ2) is 13.1. The van der Waals surface area contributed by atoms with Crippen molar-refractivity contribution in [3.63, 3.8) is 0 Å². The van der Waals surface area contributed by atoms with Crippen LogP contribution in [0.25, 0.3) is 0 Å². The van der Waals surface area contributed by atoms with Crippen LogP contribution in [0.3, 0.4) is 0 Å². The Morgan fingerprint density at radius 2 is 1.39 bits per heavy atom. The number of benzene rings is 3. The molecule has 0 heterocycles. The minimum atomic E-state index is -1.06. The Bertz CT molecular complexity index is 902. The quantitative estimate of drug-likeness (QED) is 0.230. The van der Waals surface area contributed by atoms with Gasteiger partial charge in [-0.1, -0.05) is 42.5 Å². The fourth-order valence-corrected chi connectivity index (χ4v) is 4.51. The molecule has 3 rings (SSSR count). The Kier molecular flexibility index (Phi) is 10.2. The molecular weight excluding hydrogens is 450 g/mol. The van der Waals surface area contributed by atoms with Gasteiger partial charge >= 0.3 is 0 Å². The van der Waals surface area contributed by atoms with Gasteiger partial charge in [-0.3, -0.25) is 0 Å². The van der Waals surface area contributed by atoms with Crippen molar-refractivity contribution in [3.8, 4) is 5.75 Å². The second-order valence-electron chi connectivity index (χ2n) is 7.90. The van der Waals surface area contributed by atoms with E-state index in [1.807, 2.05) is 67.1 Å². The Morgan fingerprint density at radius 1 is 0.848 bits per heavy atom. The first-order chi connectivity index (χ1) is 16.0. The molecule has 0 aliphatic rings. The summed E-state index contributed by atoms with van der Waals surface area (Å²) in [5.74, 6) is 0.751. The van der Waals surface area contributed by atoms with Gasteiger partial charge in [0.15, 0.2) is 0 Å². The third kappa shape index (κ3) is 7.52. The lowest BCUT2D eigenvalue weighted by atomic mass is 9.82. The number of rotatable bonds is 13. The SMILES string of the molecule is CSc1ccc(C(O)(CCCNCC(O)COc2ccccc2)c2ccc(SC)cc2)cc1. The molecule has 33 heavy (non-hydrogen) atoms. The average molecular weight is 484 g/mol. The highest BCUT2D eigenvalue weighted by Gasteiger charge is 2.31. The number of hydrogen-bond acceptors (Lipinski definition) is 6. The van der Waals surface area contributed by atoms with Gasteiger partial charge in [-0.25, -0.2) is 0 Å². The zero-order valence-electron chi connectivity index (χ0n) is 19.2. The largest absolute Gasteiger partial charge is 0.491 e. The molecule has 3 N–H and O–H groups in total. The highest BCUT2D eigenvalue weighted by atomic mass is 32.2. The highest BCUT2D eigenvalue weighted by Crippen LogP contribution is 2.35. The molecule has 4 nitrogen and oxygen atoms in total. The summed E-state index contributed by atoms with van der Waals surface area (Å²) in [7, 11) is 0. The Labute approximate surface area is 205 Å². The van der Waals surface area contributed by atoms with Crippen LogP contribution in [0.1, 0.15) is 24.0 Å². The van der Waals surface area contributed by atoms with Crippen LogP contribution in [0.4, 0.5) is 0 Å². The maximum Gasteiger partial charge on any atom is 0.119 e. The normalized spacial score (nSPS) is 12.5. The van der Waals surface area contributed by atoms with Crippen molar-refractivity contribution in [2.24, 2.45) is 0 Å². The molecule has 0 saturated heterocycles. The van der Waals surface area contributed by atoms with Crippen molar-refractivity contribution in [2.45, 2.75) is 34.3 Å². The predicted octanol–water partition coefficient (Wildman–Crippen LogP) is 5.18. The van der Waals surface area contributed by atoms with Gasteiger partial charge in [0.1, 0.15) is 24.1 Å². The number of hydrogen-bond donors (Lipinski definition) is 3. The lowest BCUT2D eigenvalue weighted by molar-refractivity contribution is 0.0676. The first-order valence-electron chi connectivity index (χ1n) is 11.1. The summed E-state index contributed by atoms with van der Waals surface area (Å²) in [5, 5.41) is 25.3. The van der Waals surface area contributed by atoms with E-state index in [4.69, 9.17) is 4.74 Å². The second-order valence-corrected chi connectivity index (χ2v) is 9.66. The fraction of sp³-hybridized carbons (Fsp3) is 0.333. The molecule has 3 aromatic rings. The van der Waals surface area contributed by atoms with Gasteiger partial charge in [0, 0.05) is 16.3 Å². The van der Waals surface area contributed by atoms with Crippen LogP contribution in [0, 0.1) is 0 Å². The van der Waals surface area contributed by atoms with Crippen molar-refractivity contribution < 1.29 is 14.9 Å². The lowest BCUT2D eigenvalue weighted by Crippen LogP contribution is -2.33. The number of aliphatic hydroxyl groups is 2. The summed E-state index contributed by atoms with van der Waals surface area (Å²) in [5.41, 5.74) is 0.729. The summed E-state index contributed by atoms with van der Waals surface area (Å²) < 4.78 is 5.60. The maximum absolute atomic E-state index is 11.8. The first kappa shape index (κ1) is 25.7. The maximum atomic E-state index is 11.8. The molecule has 3 aromatic carbocycles. The van der Waals surface area contributed by atoms with Crippen molar-refractivity contribution >= 4 is 23.5 Å². The minimum absolute atomic E-state index is 0.241. The van der Waals surface area contributed by atoms with Crippen LogP contribution in [0.15, 0.2) is 88.7 Å². The molecule has 0 radical (unpaired) electrons. The fourth-order valence-electron chi connectivity index (χ4n) is 3.69. The van der Waals surface area contributed by atoms with E-state index in [1.54, 1.807) is 23.5 Å². The van der Waals surface area contributed by atoms with Gasteiger partial charge < -0.3 is 20.3 Å². The molecular formula is C27H33NO3S2. The van der Waals surface area contributed by atoms with Crippen molar-refractivity contribution in [1.82, 2.24) is 5.32 Å². The third-order valence-corrected chi connectivity index (χ3v) is 7.08. The van der Waals surface area contributed by atoms with Crippen molar-refractivity contribution in [3.05, 3.63) is 90.0 Å². The summed E-state index contributed by atoms with van der Waals surface area (Å²) >= 11 is 3.38. The monoisotopic (exact) mass is 483 g/mol. The Morgan fingerprint density at radius 3 is 1.91 bits per heavy atom. The van der Waals surface area contributed by atoms with Crippen molar-refractivity contribution in [1.29, 1.82) is 0 Å². The standard InChI is InChI=1S/C27H33NO3S2/c1-32-25-13-9-21(10-14-25)27(30,22-11-15-26(33-2)16-12-22)17-6-18-28-19-23(29)20-31-24-7-4-3-5-8-24/h3-5,7-16,23,28-30H,6,17-20H2,1-2H3. The number of nitrogens with one attached hydrogen (secondary N) is 1. The van der Waals surface area contributed by atoms with Gasteiger partial charge in [0.25, 0.3) is 0 Å². The third-order valence-electron chi connectivity index (χ3n) is 5.59. The van der Waals surface area contributed by atoms with Gasteiger partial charge in [0.05, 0.1) is 0 Å². The van der Waals surface area contributed by atoms with Crippen LogP contribution < -0.4 is 10.1 Å². The highest BCUT2D eigenvalue weighted by molar-refractivity contribution is 7.98. The van der Waals surface area contributed by atoms with E-state index in [-0.39, 0.29) is 6.61 Å². The molecule has 0 fully saturated rings. The molecule has 6 heteroatoms. The lowest BCUT2D eigenvalue weighted by Gasteiger charge is -2.30. The molecule has 0 amide bonds. The zero-order chi connectivity index (χ0) is 23.5. The summed E-state index contributed by atoms with van der Waals surface area (Å²) in [6.45, 7) is 1.37. The van der Waals surface area contributed by atoms with Crippen molar-refractivity contribution in [2.75, 3.05) is 32.2 Å². The molecule has 0 spiro atoms. The molecule has 0 bridgehead atoms. The summed E-state index contributed by atoms with van der Waals surface area (Å²) in [6, 6.07) is 25.8.